The van der Waals surface area contributed by atoms with Crippen molar-refractivity contribution in [1.82, 2.24) is 0 Å². The largest absolute Gasteiger partial charge is 0.460 e. The van der Waals surface area contributed by atoms with Crippen molar-refractivity contribution in [3.8, 4) is 12.1 Å². The lowest BCUT2D eigenvalue weighted by Gasteiger charge is -2.12. The number of hydrogen-bond donors (Lipinski definition) is 2. The topological polar surface area (TPSA) is 141 Å². The standard InChI is InChI=1S/2C19H19F4NO3/c2*1-9(7-24)6-12-13(19(12,2)3)18(26)27-8-11-16(22)14(20)10(4-5-25)15(21)17(11)23/h2*6,12-13,25H,4-5,8H2,1-3H3/b9-6+;9-6-/t2*12-,13+/m11/s1. The van der Waals surface area contributed by atoms with Crippen LogP contribution >= 0.6 is 0 Å². The molecule has 54 heavy (non-hydrogen) atoms. The van der Waals surface area contributed by atoms with Crippen molar-refractivity contribution in [2.45, 2.75) is 67.6 Å². The number of ether oxygens (including phenoxy) is 2. The summed E-state index contributed by atoms with van der Waals surface area (Å²) in [5.74, 6) is -16.5. The number of nitriles is 2. The maximum atomic E-state index is 14.0. The molecule has 2 saturated carbocycles. The van der Waals surface area contributed by atoms with Gasteiger partial charge in [0.2, 0.25) is 0 Å². The number of hydrogen-bond acceptors (Lipinski definition) is 8. The molecule has 0 heterocycles. The molecule has 292 valence electrons. The van der Waals surface area contributed by atoms with Crippen LogP contribution in [0.4, 0.5) is 35.1 Å². The van der Waals surface area contributed by atoms with Crippen molar-refractivity contribution in [2.75, 3.05) is 13.2 Å². The highest BCUT2D eigenvalue weighted by Gasteiger charge is 2.62. The zero-order valence-electron chi connectivity index (χ0n) is 30.2. The van der Waals surface area contributed by atoms with Gasteiger partial charge in [-0.1, -0.05) is 39.8 Å². The minimum absolute atomic E-state index is 0.278. The second-order valence-electron chi connectivity index (χ2n) is 14.2. The van der Waals surface area contributed by atoms with Gasteiger partial charge in [-0.2, -0.15) is 10.5 Å². The zero-order valence-corrected chi connectivity index (χ0v) is 30.2. The first-order chi connectivity index (χ1) is 25.1. The number of benzene rings is 2. The molecule has 4 rings (SSSR count). The van der Waals surface area contributed by atoms with Crippen LogP contribution in [0.2, 0.25) is 0 Å². The van der Waals surface area contributed by atoms with E-state index in [2.05, 4.69) is 0 Å². The fourth-order valence-corrected chi connectivity index (χ4v) is 6.32. The molecule has 2 aromatic carbocycles. The monoisotopic (exact) mass is 770 g/mol. The molecular weight excluding hydrogens is 732 g/mol. The molecule has 2 aliphatic carbocycles. The highest BCUT2D eigenvalue weighted by Crippen LogP contribution is 2.60. The predicted molar refractivity (Wildman–Crippen MR) is 174 cm³/mol. The van der Waals surface area contributed by atoms with E-state index in [1.807, 2.05) is 12.1 Å². The van der Waals surface area contributed by atoms with Crippen LogP contribution < -0.4 is 0 Å². The molecule has 0 spiro atoms. The Morgan fingerprint density at radius 3 is 1.09 bits per heavy atom. The molecule has 0 saturated heterocycles. The van der Waals surface area contributed by atoms with Crippen molar-refractivity contribution in [3.05, 3.63) is 92.1 Å². The summed E-state index contributed by atoms with van der Waals surface area (Å²) in [4.78, 5) is 24.5. The van der Waals surface area contributed by atoms with Gasteiger partial charge in [0.1, 0.15) is 13.2 Å². The molecule has 0 unspecified atom stereocenters. The first-order valence-corrected chi connectivity index (χ1v) is 16.5. The fraction of sp³-hybridized carbons (Fsp3) is 0.474. The highest BCUT2D eigenvalue weighted by molar-refractivity contribution is 5.79. The number of carbonyl (C=O) groups excluding carboxylic acids is 2. The van der Waals surface area contributed by atoms with Gasteiger partial charge in [0.05, 0.1) is 35.1 Å². The van der Waals surface area contributed by atoms with Gasteiger partial charge in [0.25, 0.3) is 0 Å². The van der Waals surface area contributed by atoms with Gasteiger partial charge in [-0.15, -0.1) is 0 Å². The van der Waals surface area contributed by atoms with Gasteiger partial charge in [-0.25, -0.2) is 35.1 Å². The normalized spacial score (nSPS) is 20.9. The maximum absolute atomic E-state index is 14.0. The van der Waals surface area contributed by atoms with Crippen LogP contribution in [-0.2, 0) is 45.1 Å². The van der Waals surface area contributed by atoms with Gasteiger partial charge < -0.3 is 19.7 Å². The summed E-state index contributed by atoms with van der Waals surface area (Å²) >= 11 is 0. The number of esters is 2. The molecule has 8 nitrogen and oxygen atoms in total. The molecule has 4 atom stereocenters. The summed E-state index contributed by atoms with van der Waals surface area (Å²) in [7, 11) is 0. The zero-order chi connectivity index (χ0) is 41.0. The predicted octanol–water partition coefficient (Wildman–Crippen LogP) is 7.13. The van der Waals surface area contributed by atoms with Crippen molar-refractivity contribution in [1.29, 1.82) is 10.5 Å². The number of aliphatic hydroxyl groups excluding tert-OH is 2. The smallest absolute Gasteiger partial charge is 0.310 e. The van der Waals surface area contributed by atoms with E-state index in [-0.39, 0.29) is 11.8 Å². The summed E-state index contributed by atoms with van der Waals surface area (Å²) in [5, 5.41) is 35.1. The van der Waals surface area contributed by atoms with Gasteiger partial charge >= 0.3 is 11.9 Å². The summed E-state index contributed by atoms with van der Waals surface area (Å²) in [6.45, 7) is 6.95. The molecule has 2 aromatic rings. The highest BCUT2D eigenvalue weighted by atomic mass is 19.2. The van der Waals surface area contributed by atoms with Gasteiger partial charge in [-0.05, 0) is 36.5 Å². The maximum Gasteiger partial charge on any atom is 0.310 e. The second kappa shape index (κ2) is 17.1. The lowest BCUT2D eigenvalue weighted by Crippen LogP contribution is -2.15. The molecule has 0 bridgehead atoms. The average molecular weight is 771 g/mol. The van der Waals surface area contributed by atoms with Gasteiger partial charge in [0, 0.05) is 48.3 Å². The Balaban J connectivity index is 0.000000290. The van der Waals surface area contributed by atoms with E-state index in [9.17, 15) is 44.7 Å². The molecule has 0 aromatic heterocycles. The fourth-order valence-electron chi connectivity index (χ4n) is 6.32. The molecule has 2 N–H and O–H groups in total. The quantitative estimate of drug-likeness (QED) is 0.101. The molecule has 0 aliphatic heterocycles. The van der Waals surface area contributed by atoms with Crippen molar-refractivity contribution in [2.24, 2.45) is 34.5 Å². The number of halogens is 8. The van der Waals surface area contributed by atoms with Crippen LogP contribution in [0.1, 0.15) is 63.8 Å². The van der Waals surface area contributed by atoms with Gasteiger partial charge in [-0.3, -0.25) is 9.59 Å². The summed E-state index contributed by atoms with van der Waals surface area (Å²) in [5.41, 5.74) is -4.03. The molecule has 0 amide bonds. The Morgan fingerprint density at radius 2 is 0.852 bits per heavy atom. The van der Waals surface area contributed by atoms with Crippen molar-refractivity contribution >= 4 is 11.9 Å². The third-order valence-corrected chi connectivity index (χ3v) is 9.87. The van der Waals surface area contributed by atoms with E-state index in [1.165, 1.54) is 0 Å². The first kappa shape index (κ1) is 43.6. The minimum atomic E-state index is -1.66. The lowest BCUT2D eigenvalue weighted by molar-refractivity contribution is -0.148. The van der Waals surface area contributed by atoms with E-state index >= 15 is 0 Å². The number of aliphatic hydroxyl groups is 2. The minimum Gasteiger partial charge on any atom is -0.460 e. The summed E-state index contributed by atoms with van der Waals surface area (Å²) in [6, 6.07) is 3.89. The summed E-state index contributed by atoms with van der Waals surface area (Å²) < 4.78 is 121. The third kappa shape index (κ3) is 8.77. The van der Waals surface area contributed by atoms with Crippen LogP contribution in [0.5, 0.6) is 0 Å². The van der Waals surface area contributed by atoms with E-state index in [0.29, 0.717) is 11.1 Å². The first-order valence-electron chi connectivity index (χ1n) is 16.5. The second-order valence-corrected chi connectivity index (χ2v) is 14.2. The third-order valence-electron chi connectivity index (χ3n) is 9.87. The molecule has 0 radical (unpaired) electrons. The van der Waals surface area contributed by atoms with Crippen molar-refractivity contribution < 1.29 is 64.4 Å². The average Bonchev–Trinajstić information content (AvgIpc) is 3.89. The molecular formula is C38H38F8N2O6. The summed E-state index contributed by atoms with van der Waals surface area (Å²) in [6.07, 6.45) is 2.06. The Kier molecular flexibility index (Phi) is 13.8. The lowest BCUT2D eigenvalue weighted by atomic mass is 10.1. The van der Waals surface area contributed by atoms with E-state index in [1.54, 1.807) is 53.7 Å². The Labute approximate surface area is 306 Å². The number of rotatable bonds is 12. The van der Waals surface area contributed by atoms with Crippen LogP contribution in [0.3, 0.4) is 0 Å². The van der Waals surface area contributed by atoms with Crippen molar-refractivity contribution in [3.63, 3.8) is 0 Å². The Bertz CT molecular complexity index is 1770. The Morgan fingerprint density at radius 1 is 0.593 bits per heavy atom. The Hall–Kier alpha value is -4.80. The molecule has 2 aliphatic rings. The SMILES string of the molecule is C/C(C#N)=C/[C@@H]1[C@@H](C(=O)OCc2c(F)c(F)c(CCO)c(F)c2F)C1(C)C.C/C(C#N)=C\[C@@H]1[C@@H](C(=O)OCc2c(F)c(F)c(CCO)c(F)c2F)C1(C)C. The van der Waals surface area contributed by atoms with E-state index in [4.69, 9.17) is 30.2 Å². The van der Waals surface area contributed by atoms with Crippen LogP contribution in [0.25, 0.3) is 0 Å². The number of allylic oxidation sites excluding steroid dienone is 4. The molecule has 2 fully saturated rings. The molecule has 16 heteroatoms. The number of carbonyl (C=O) groups is 2. The van der Waals surface area contributed by atoms with Crippen LogP contribution in [0, 0.1) is 104 Å². The van der Waals surface area contributed by atoms with Gasteiger partial charge in [0.15, 0.2) is 46.5 Å². The van der Waals surface area contributed by atoms with E-state index < -0.39 is 143 Å². The van der Waals surface area contributed by atoms with Crippen LogP contribution in [-0.4, -0.2) is 35.4 Å². The number of nitrogens with zero attached hydrogens (tertiary/aromatic N) is 2. The van der Waals surface area contributed by atoms with E-state index in [0.717, 1.165) is 0 Å². The van der Waals surface area contributed by atoms with Crippen LogP contribution in [0.15, 0.2) is 23.3 Å².